The van der Waals surface area contributed by atoms with Gasteiger partial charge in [0.25, 0.3) is 5.91 Å². The normalized spacial score (nSPS) is 12.4. The van der Waals surface area contributed by atoms with E-state index in [1.165, 1.54) is 6.07 Å². The second-order valence-electron chi connectivity index (χ2n) is 6.68. The first-order valence-corrected chi connectivity index (χ1v) is 9.61. The summed E-state index contributed by atoms with van der Waals surface area (Å²) < 4.78 is 13.7. The molecule has 1 unspecified atom stereocenters. The Morgan fingerprint density at radius 3 is 2.64 bits per heavy atom. The minimum Gasteiger partial charge on any atom is -0.356 e. The van der Waals surface area contributed by atoms with Crippen molar-refractivity contribution in [2.45, 2.75) is 39.3 Å². The lowest BCUT2D eigenvalue weighted by Gasteiger charge is -2.14. The topological polar surface area (TPSA) is 65.5 Å². The number of carbonyl (C=O) groups excluding carboxylic acids is 1. The summed E-state index contributed by atoms with van der Waals surface area (Å²) in [5.41, 5.74) is 2.29. The van der Waals surface area contributed by atoms with Crippen LogP contribution in [0.15, 0.2) is 53.5 Å². The molecule has 0 aliphatic heterocycles. The Morgan fingerprint density at radius 1 is 1.14 bits per heavy atom. The van der Waals surface area contributed by atoms with Crippen LogP contribution in [0.1, 0.15) is 41.8 Å². The van der Waals surface area contributed by atoms with Crippen molar-refractivity contribution < 1.29 is 9.18 Å². The van der Waals surface area contributed by atoms with E-state index in [0.29, 0.717) is 36.6 Å². The Morgan fingerprint density at radius 2 is 1.93 bits per heavy atom. The van der Waals surface area contributed by atoms with E-state index >= 15 is 0 Å². The van der Waals surface area contributed by atoms with Gasteiger partial charge in [-0.3, -0.25) is 9.79 Å². The average molecular weight is 384 g/mol. The molecule has 0 aliphatic carbocycles. The third-order valence-corrected chi connectivity index (χ3v) is 4.51. The van der Waals surface area contributed by atoms with E-state index < -0.39 is 0 Å². The minimum absolute atomic E-state index is 0.0661. The molecule has 2 aromatic rings. The maximum absolute atomic E-state index is 13.7. The van der Waals surface area contributed by atoms with Crippen LogP contribution in [-0.2, 0) is 13.0 Å². The third kappa shape index (κ3) is 6.68. The van der Waals surface area contributed by atoms with Gasteiger partial charge in [0, 0.05) is 31.7 Å². The Balaban J connectivity index is 1.85. The molecule has 5 nitrogen and oxygen atoms in total. The molecule has 0 aromatic heterocycles. The summed E-state index contributed by atoms with van der Waals surface area (Å²) in [6, 6.07) is 14.4. The van der Waals surface area contributed by atoms with Gasteiger partial charge in [-0.25, -0.2) is 4.39 Å². The maximum Gasteiger partial charge on any atom is 0.251 e. The molecule has 0 spiro atoms. The van der Waals surface area contributed by atoms with Gasteiger partial charge in [-0.15, -0.1) is 0 Å². The number of carbonyl (C=O) groups is 1. The standard InChI is InChI=1S/C22H29FN4O/c1-4-16(2)27-21(28)19-10-7-8-17(14-19)15-26-22(24-3)25-13-12-18-9-5-6-11-20(18)23/h5-11,14,16H,4,12-13,15H2,1-3H3,(H,27,28)(H2,24,25,26). The molecule has 0 saturated carbocycles. The highest BCUT2D eigenvalue weighted by Gasteiger charge is 2.09. The number of guanidine groups is 1. The Hall–Kier alpha value is -2.89. The number of nitrogens with zero attached hydrogens (tertiary/aromatic N) is 1. The zero-order valence-corrected chi connectivity index (χ0v) is 16.8. The number of nitrogens with one attached hydrogen (secondary N) is 3. The van der Waals surface area contributed by atoms with Gasteiger partial charge < -0.3 is 16.0 Å². The highest BCUT2D eigenvalue weighted by atomic mass is 19.1. The summed E-state index contributed by atoms with van der Waals surface area (Å²) in [4.78, 5) is 16.5. The largest absolute Gasteiger partial charge is 0.356 e. The average Bonchev–Trinajstić information content (AvgIpc) is 2.71. The molecule has 0 fully saturated rings. The van der Waals surface area contributed by atoms with Crippen molar-refractivity contribution in [3.63, 3.8) is 0 Å². The Kier molecular flexibility index (Phi) is 8.46. The second-order valence-corrected chi connectivity index (χ2v) is 6.68. The lowest BCUT2D eigenvalue weighted by Crippen LogP contribution is -2.38. The van der Waals surface area contributed by atoms with Crippen LogP contribution >= 0.6 is 0 Å². The van der Waals surface area contributed by atoms with Gasteiger partial charge in [0.2, 0.25) is 0 Å². The monoisotopic (exact) mass is 384 g/mol. The van der Waals surface area contributed by atoms with Crippen molar-refractivity contribution in [1.29, 1.82) is 0 Å². The minimum atomic E-state index is -0.195. The molecule has 0 bridgehead atoms. The zero-order chi connectivity index (χ0) is 20.4. The summed E-state index contributed by atoms with van der Waals surface area (Å²) in [5, 5.41) is 9.37. The van der Waals surface area contributed by atoms with Gasteiger partial charge in [-0.2, -0.15) is 0 Å². The maximum atomic E-state index is 13.7. The molecular weight excluding hydrogens is 355 g/mol. The number of halogens is 1. The third-order valence-electron chi connectivity index (χ3n) is 4.51. The molecule has 6 heteroatoms. The highest BCUT2D eigenvalue weighted by Crippen LogP contribution is 2.07. The van der Waals surface area contributed by atoms with Gasteiger partial charge in [-0.1, -0.05) is 37.3 Å². The first kappa shape index (κ1) is 21.4. The van der Waals surface area contributed by atoms with E-state index in [0.717, 1.165) is 12.0 Å². The molecule has 3 N–H and O–H groups in total. The first-order valence-electron chi connectivity index (χ1n) is 9.61. The van der Waals surface area contributed by atoms with E-state index in [1.54, 1.807) is 19.2 Å². The Labute approximate surface area is 166 Å². The van der Waals surface area contributed by atoms with Crippen LogP contribution in [0.5, 0.6) is 0 Å². The van der Waals surface area contributed by atoms with E-state index in [-0.39, 0.29) is 17.8 Å². The van der Waals surface area contributed by atoms with E-state index in [2.05, 4.69) is 20.9 Å². The summed E-state index contributed by atoms with van der Waals surface area (Å²) in [6.07, 6.45) is 1.46. The van der Waals surface area contributed by atoms with Crippen LogP contribution < -0.4 is 16.0 Å². The van der Waals surface area contributed by atoms with Crippen LogP contribution in [0.25, 0.3) is 0 Å². The predicted octanol–water partition coefficient (Wildman–Crippen LogP) is 3.26. The number of amides is 1. The fourth-order valence-corrected chi connectivity index (χ4v) is 2.65. The van der Waals surface area contributed by atoms with Crippen molar-refractivity contribution in [1.82, 2.24) is 16.0 Å². The quantitative estimate of drug-likeness (QED) is 0.483. The molecule has 28 heavy (non-hydrogen) atoms. The molecule has 2 aromatic carbocycles. The summed E-state index contributed by atoms with van der Waals surface area (Å²) in [7, 11) is 1.69. The van der Waals surface area contributed by atoms with Crippen LogP contribution in [-0.4, -0.2) is 31.5 Å². The van der Waals surface area contributed by atoms with Gasteiger partial charge in [0.1, 0.15) is 5.82 Å². The number of benzene rings is 2. The fraction of sp³-hybridized carbons (Fsp3) is 0.364. The van der Waals surface area contributed by atoms with Gasteiger partial charge in [-0.05, 0) is 49.1 Å². The molecule has 0 saturated heterocycles. The molecule has 2 rings (SSSR count). The highest BCUT2D eigenvalue weighted by molar-refractivity contribution is 5.94. The summed E-state index contributed by atoms with van der Waals surface area (Å²) in [5.74, 6) is 0.370. The van der Waals surface area contributed by atoms with Crippen molar-refractivity contribution >= 4 is 11.9 Å². The molecule has 1 amide bonds. The van der Waals surface area contributed by atoms with Crippen molar-refractivity contribution in [2.75, 3.05) is 13.6 Å². The van der Waals surface area contributed by atoms with Gasteiger partial charge >= 0.3 is 0 Å². The van der Waals surface area contributed by atoms with Gasteiger partial charge in [0.05, 0.1) is 0 Å². The smallest absolute Gasteiger partial charge is 0.251 e. The molecule has 0 radical (unpaired) electrons. The SMILES string of the molecule is CCC(C)NC(=O)c1cccc(CNC(=NC)NCCc2ccccc2F)c1. The van der Waals surface area contributed by atoms with Crippen LogP contribution in [0, 0.1) is 5.82 Å². The second kappa shape index (κ2) is 11.1. The van der Waals surface area contributed by atoms with E-state index in [9.17, 15) is 9.18 Å². The van der Waals surface area contributed by atoms with Crippen molar-refractivity contribution in [3.05, 3.63) is 71.0 Å². The van der Waals surface area contributed by atoms with Crippen LogP contribution in [0.4, 0.5) is 4.39 Å². The number of rotatable bonds is 8. The molecular formula is C22H29FN4O. The van der Waals surface area contributed by atoms with E-state index in [1.807, 2.05) is 44.2 Å². The molecule has 1 atom stereocenters. The number of hydrogen-bond acceptors (Lipinski definition) is 2. The zero-order valence-electron chi connectivity index (χ0n) is 16.8. The number of aliphatic imine (C=N–C) groups is 1. The summed E-state index contributed by atoms with van der Waals surface area (Å²) >= 11 is 0. The fourth-order valence-electron chi connectivity index (χ4n) is 2.65. The molecule has 150 valence electrons. The van der Waals surface area contributed by atoms with Crippen LogP contribution in [0.3, 0.4) is 0 Å². The Bertz CT molecular complexity index is 807. The number of hydrogen-bond donors (Lipinski definition) is 3. The van der Waals surface area contributed by atoms with Gasteiger partial charge in [0.15, 0.2) is 5.96 Å². The summed E-state index contributed by atoms with van der Waals surface area (Å²) in [6.45, 7) is 5.12. The molecule has 0 aliphatic rings. The van der Waals surface area contributed by atoms with Crippen molar-refractivity contribution in [2.24, 2.45) is 4.99 Å². The predicted molar refractivity (Wildman–Crippen MR) is 112 cm³/mol. The first-order chi connectivity index (χ1) is 13.5. The van der Waals surface area contributed by atoms with Crippen molar-refractivity contribution in [3.8, 4) is 0 Å². The lowest BCUT2D eigenvalue weighted by molar-refractivity contribution is 0.0939. The molecule has 0 heterocycles. The van der Waals surface area contributed by atoms with Crippen LogP contribution in [0.2, 0.25) is 0 Å². The lowest BCUT2D eigenvalue weighted by atomic mass is 10.1. The van der Waals surface area contributed by atoms with E-state index in [4.69, 9.17) is 0 Å².